The largest absolute Gasteiger partial charge is 0.329 e. The van der Waals surface area contributed by atoms with Crippen molar-refractivity contribution in [2.75, 3.05) is 13.1 Å². The SMILES string of the molecule is CCC(CN)(C1CC1)N1CCC[C@H]2CCCC[C@H]21. The molecule has 3 aliphatic rings. The van der Waals surface area contributed by atoms with Crippen molar-refractivity contribution in [3.63, 3.8) is 0 Å². The molecule has 2 saturated carbocycles. The second kappa shape index (κ2) is 5.13. The van der Waals surface area contributed by atoms with E-state index < -0.39 is 0 Å². The van der Waals surface area contributed by atoms with E-state index in [0.717, 1.165) is 24.4 Å². The van der Waals surface area contributed by atoms with Crippen LogP contribution in [0.1, 0.15) is 64.7 Å². The summed E-state index contributed by atoms with van der Waals surface area (Å²) < 4.78 is 0. The highest BCUT2D eigenvalue weighted by molar-refractivity contribution is 5.06. The van der Waals surface area contributed by atoms with Crippen LogP contribution in [0.5, 0.6) is 0 Å². The van der Waals surface area contributed by atoms with Crippen molar-refractivity contribution >= 4 is 0 Å². The van der Waals surface area contributed by atoms with Crippen LogP contribution in [-0.4, -0.2) is 29.6 Å². The number of hydrogen-bond acceptors (Lipinski definition) is 2. The molecule has 1 aliphatic heterocycles. The number of nitrogens with zero attached hydrogens (tertiary/aromatic N) is 1. The maximum atomic E-state index is 6.27. The summed E-state index contributed by atoms with van der Waals surface area (Å²) in [5.74, 6) is 1.90. The first-order valence-electron chi connectivity index (χ1n) is 8.28. The first-order valence-corrected chi connectivity index (χ1v) is 8.28. The molecule has 1 saturated heterocycles. The van der Waals surface area contributed by atoms with E-state index in [1.54, 1.807) is 0 Å². The van der Waals surface area contributed by atoms with Gasteiger partial charge in [0.1, 0.15) is 0 Å². The van der Waals surface area contributed by atoms with E-state index in [1.165, 1.54) is 64.3 Å². The van der Waals surface area contributed by atoms with E-state index in [-0.39, 0.29) is 0 Å². The molecule has 2 aliphatic carbocycles. The van der Waals surface area contributed by atoms with Gasteiger partial charge in [-0.3, -0.25) is 4.90 Å². The minimum Gasteiger partial charge on any atom is -0.329 e. The van der Waals surface area contributed by atoms with Gasteiger partial charge in [0.2, 0.25) is 0 Å². The molecular weight excluding hydrogens is 220 g/mol. The van der Waals surface area contributed by atoms with E-state index in [4.69, 9.17) is 5.73 Å². The second-order valence-electron chi connectivity index (χ2n) is 6.88. The van der Waals surface area contributed by atoms with E-state index in [2.05, 4.69) is 11.8 Å². The standard InChI is InChI=1S/C16H30N2/c1-2-16(12-17,14-9-10-14)18-11-5-7-13-6-3-4-8-15(13)18/h13-15H,2-12,17H2,1H3/t13-,15-,16?/m1/s1. The van der Waals surface area contributed by atoms with E-state index in [0.29, 0.717) is 5.54 Å². The number of rotatable bonds is 4. The molecule has 104 valence electrons. The fraction of sp³-hybridized carbons (Fsp3) is 1.00. The molecule has 0 radical (unpaired) electrons. The highest BCUT2D eigenvalue weighted by atomic mass is 15.3. The quantitative estimate of drug-likeness (QED) is 0.830. The summed E-state index contributed by atoms with van der Waals surface area (Å²) in [5, 5.41) is 0. The van der Waals surface area contributed by atoms with Crippen LogP contribution in [0, 0.1) is 11.8 Å². The maximum Gasteiger partial charge on any atom is 0.0360 e. The number of nitrogens with two attached hydrogens (primary N) is 1. The molecule has 2 nitrogen and oxygen atoms in total. The van der Waals surface area contributed by atoms with Gasteiger partial charge in [0.05, 0.1) is 0 Å². The van der Waals surface area contributed by atoms with Gasteiger partial charge in [0.25, 0.3) is 0 Å². The molecule has 3 atom stereocenters. The minimum atomic E-state index is 0.362. The first kappa shape index (κ1) is 12.9. The summed E-state index contributed by atoms with van der Waals surface area (Å²) in [6.07, 6.45) is 12.9. The molecule has 2 N–H and O–H groups in total. The number of hydrogen-bond donors (Lipinski definition) is 1. The fourth-order valence-corrected chi connectivity index (χ4v) is 4.95. The Labute approximate surface area is 112 Å². The molecule has 0 amide bonds. The predicted molar refractivity (Wildman–Crippen MR) is 76.5 cm³/mol. The molecule has 0 bridgehead atoms. The molecule has 0 spiro atoms. The van der Waals surface area contributed by atoms with Crippen molar-refractivity contribution in [2.45, 2.75) is 76.3 Å². The number of likely N-dealkylation sites (tertiary alicyclic amines) is 1. The molecule has 0 aromatic heterocycles. The van der Waals surface area contributed by atoms with Crippen LogP contribution >= 0.6 is 0 Å². The molecule has 3 rings (SSSR count). The van der Waals surface area contributed by atoms with Crippen molar-refractivity contribution in [1.29, 1.82) is 0 Å². The first-order chi connectivity index (χ1) is 8.81. The van der Waals surface area contributed by atoms with E-state index in [9.17, 15) is 0 Å². The third kappa shape index (κ3) is 2.02. The van der Waals surface area contributed by atoms with Gasteiger partial charge in [0, 0.05) is 18.1 Å². The van der Waals surface area contributed by atoms with Crippen molar-refractivity contribution in [1.82, 2.24) is 4.90 Å². The highest BCUT2D eigenvalue weighted by Gasteiger charge is 2.51. The van der Waals surface area contributed by atoms with Gasteiger partial charge in [-0.05, 0) is 63.3 Å². The van der Waals surface area contributed by atoms with Crippen LogP contribution in [-0.2, 0) is 0 Å². The summed E-state index contributed by atoms with van der Waals surface area (Å²) in [7, 11) is 0. The molecule has 1 heterocycles. The lowest BCUT2D eigenvalue weighted by molar-refractivity contribution is -0.0389. The summed E-state index contributed by atoms with van der Waals surface area (Å²) >= 11 is 0. The van der Waals surface area contributed by atoms with Crippen LogP contribution in [0.25, 0.3) is 0 Å². The fourth-order valence-electron chi connectivity index (χ4n) is 4.95. The molecule has 1 unspecified atom stereocenters. The van der Waals surface area contributed by atoms with Crippen molar-refractivity contribution in [3.8, 4) is 0 Å². The molecule has 0 aromatic rings. The normalized spacial score (nSPS) is 37.0. The van der Waals surface area contributed by atoms with Gasteiger partial charge in [-0.15, -0.1) is 0 Å². The number of fused-ring (bicyclic) bond motifs is 1. The van der Waals surface area contributed by atoms with Crippen LogP contribution in [0.4, 0.5) is 0 Å². The van der Waals surface area contributed by atoms with Crippen molar-refractivity contribution in [2.24, 2.45) is 17.6 Å². The Morgan fingerprint density at radius 2 is 1.78 bits per heavy atom. The average Bonchev–Trinajstić information content (AvgIpc) is 3.26. The summed E-state index contributed by atoms with van der Waals surface area (Å²) in [6, 6.07) is 0.872. The second-order valence-corrected chi connectivity index (χ2v) is 6.88. The van der Waals surface area contributed by atoms with Gasteiger partial charge < -0.3 is 5.73 Å². The van der Waals surface area contributed by atoms with E-state index >= 15 is 0 Å². The average molecular weight is 250 g/mol. The zero-order valence-corrected chi connectivity index (χ0v) is 12.0. The molecule has 3 fully saturated rings. The molecule has 0 aromatic carbocycles. The Balaban J connectivity index is 1.83. The van der Waals surface area contributed by atoms with Gasteiger partial charge in [0.15, 0.2) is 0 Å². The lowest BCUT2D eigenvalue weighted by atomic mass is 9.74. The Bertz CT molecular complexity index is 279. The van der Waals surface area contributed by atoms with Gasteiger partial charge in [-0.2, -0.15) is 0 Å². The Hall–Kier alpha value is -0.0800. The lowest BCUT2D eigenvalue weighted by Crippen LogP contribution is -2.62. The minimum absolute atomic E-state index is 0.362. The Morgan fingerprint density at radius 3 is 2.44 bits per heavy atom. The number of piperidine rings is 1. The lowest BCUT2D eigenvalue weighted by Gasteiger charge is -2.54. The van der Waals surface area contributed by atoms with Crippen molar-refractivity contribution in [3.05, 3.63) is 0 Å². The van der Waals surface area contributed by atoms with Gasteiger partial charge in [-0.1, -0.05) is 19.8 Å². The Morgan fingerprint density at radius 1 is 1.06 bits per heavy atom. The zero-order valence-electron chi connectivity index (χ0n) is 12.0. The summed E-state index contributed by atoms with van der Waals surface area (Å²) in [5.41, 5.74) is 6.63. The molecule has 2 heteroatoms. The third-order valence-corrected chi connectivity index (χ3v) is 6.12. The van der Waals surface area contributed by atoms with Gasteiger partial charge >= 0.3 is 0 Å². The van der Waals surface area contributed by atoms with Crippen LogP contribution in [0.3, 0.4) is 0 Å². The third-order valence-electron chi connectivity index (χ3n) is 6.12. The zero-order chi connectivity index (χ0) is 12.6. The summed E-state index contributed by atoms with van der Waals surface area (Å²) in [4.78, 5) is 2.90. The molecule has 18 heavy (non-hydrogen) atoms. The van der Waals surface area contributed by atoms with Crippen LogP contribution in [0.15, 0.2) is 0 Å². The predicted octanol–water partition coefficient (Wildman–Crippen LogP) is 3.16. The van der Waals surface area contributed by atoms with Crippen molar-refractivity contribution < 1.29 is 0 Å². The summed E-state index contributed by atoms with van der Waals surface area (Å²) in [6.45, 7) is 4.58. The Kier molecular flexibility index (Phi) is 3.68. The maximum absolute atomic E-state index is 6.27. The highest BCUT2D eigenvalue weighted by Crippen LogP contribution is 2.49. The van der Waals surface area contributed by atoms with Crippen LogP contribution in [0.2, 0.25) is 0 Å². The smallest absolute Gasteiger partial charge is 0.0360 e. The topological polar surface area (TPSA) is 29.3 Å². The molecular formula is C16H30N2. The van der Waals surface area contributed by atoms with Gasteiger partial charge in [-0.25, -0.2) is 0 Å². The van der Waals surface area contributed by atoms with Crippen LogP contribution < -0.4 is 5.73 Å². The van der Waals surface area contributed by atoms with E-state index in [1.807, 2.05) is 0 Å². The monoisotopic (exact) mass is 250 g/mol.